The summed E-state index contributed by atoms with van der Waals surface area (Å²) in [5.74, 6) is 2.15. The van der Waals surface area contributed by atoms with E-state index in [1.807, 2.05) is 30.8 Å². The van der Waals surface area contributed by atoms with Crippen molar-refractivity contribution < 1.29 is 14.3 Å². The third-order valence-electron chi connectivity index (χ3n) is 4.51. The van der Waals surface area contributed by atoms with E-state index in [2.05, 4.69) is 26.1 Å². The Hall–Kier alpha value is -2.94. The average molecular weight is 416 g/mol. The van der Waals surface area contributed by atoms with Crippen LogP contribution in [0.15, 0.2) is 41.7 Å². The number of methoxy groups -OCH3 is 2. The maximum absolute atomic E-state index is 12.5. The maximum atomic E-state index is 12.5. The molecule has 0 spiro atoms. The SMILES string of the molecule is CCn1c(Cc2cccn2C)nnc1SCC(=O)Nc1cc(OC)ccc1OC. The standard InChI is InChI=1S/C20H25N5O3S/c1-5-25-18(11-14-7-6-10-24(14)2)22-23-20(25)29-13-19(26)21-16-12-15(27-3)8-9-17(16)28-4/h6-10,12H,5,11,13H2,1-4H3,(H,21,26). The van der Waals surface area contributed by atoms with Gasteiger partial charge in [0.15, 0.2) is 5.16 Å². The predicted molar refractivity (Wildman–Crippen MR) is 113 cm³/mol. The number of amides is 1. The van der Waals surface area contributed by atoms with E-state index < -0.39 is 0 Å². The number of aryl methyl sites for hydroxylation is 1. The zero-order valence-electron chi connectivity index (χ0n) is 17.0. The number of aromatic nitrogens is 4. The summed E-state index contributed by atoms with van der Waals surface area (Å²) in [5, 5.41) is 12.2. The molecule has 154 valence electrons. The van der Waals surface area contributed by atoms with Gasteiger partial charge in [0.2, 0.25) is 5.91 Å². The van der Waals surface area contributed by atoms with E-state index in [4.69, 9.17) is 9.47 Å². The zero-order chi connectivity index (χ0) is 20.8. The Morgan fingerprint density at radius 1 is 1.21 bits per heavy atom. The molecule has 2 heterocycles. The lowest BCUT2D eigenvalue weighted by molar-refractivity contribution is -0.113. The molecule has 0 atom stereocenters. The van der Waals surface area contributed by atoms with Crippen LogP contribution in [0, 0.1) is 0 Å². The summed E-state index contributed by atoms with van der Waals surface area (Å²) < 4.78 is 14.6. The molecule has 8 nitrogen and oxygen atoms in total. The third-order valence-corrected chi connectivity index (χ3v) is 5.48. The summed E-state index contributed by atoms with van der Waals surface area (Å²) in [7, 11) is 5.15. The van der Waals surface area contributed by atoms with Crippen molar-refractivity contribution in [1.82, 2.24) is 19.3 Å². The third kappa shape index (κ3) is 4.92. The van der Waals surface area contributed by atoms with Gasteiger partial charge >= 0.3 is 0 Å². The molecule has 1 amide bonds. The Morgan fingerprint density at radius 3 is 2.69 bits per heavy atom. The van der Waals surface area contributed by atoms with Gasteiger partial charge in [-0.05, 0) is 31.2 Å². The van der Waals surface area contributed by atoms with Crippen LogP contribution in [0.4, 0.5) is 5.69 Å². The first-order valence-corrected chi connectivity index (χ1v) is 10.2. The monoisotopic (exact) mass is 415 g/mol. The molecule has 0 unspecified atom stereocenters. The van der Waals surface area contributed by atoms with E-state index in [1.165, 1.54) is 11.8 Å². The molecule has 0 bridgehead atoms. The number of benzene rings is 1. The zero-order valence-corrected chi connectivity index (χ0v) is 17.8. The van der Waals surface area contributed by atoms with E-state index in [0.717, 1.165) is 23.2 Å². The van der Waals surface area contributed by atoms with Crippen molar-refractivity contribution in [2.45, 2.75) is 25.0 Å². The van der Waals surface area contributed by atoms with Gasteiger partial charge in [-0.25, -0.2) is 0 Å². The van der Waals surface area contributed by atoms with Gasteiger partial charge < -0.3 is 23.9 Å². The van der Waals surface area contributed by atoms with Gasteiger partial charge in [0.1, 0.15) is 17.3 Å². The number of hydrogen-bond acceptors (Lipinski definition) is 6. The van der Waals surface area contributed by atoms with Crippen molar-refractivity contribution >= 4 is 23.4 Å². The lowest BCUT2D eigenvalue weighted by Crippen LogP contribution is -2.15. The number of ether oxygens (including phenoxy) is 2. The minimum Gasteiger partial charge on any atom is -0.497 e. The van der Waals surface area contributed by atoms with Gasteiger partial charge in [-0.1, -0.05) is 11.8 Å². The number of carbonyl (C=O) groups excluding carboxylic acids is 1. The van der Waals surface area contributed by atoms with Crippen LogP contribution in [0.5, 0.6) is 11.5 Å². The van der Waals surface area contributed by atoms with E-state index >= 15 is 0 Å². The van der Waals surface area contributed by atoms with Gasteiger partial charge in [0.05, 0.1) is 25.7 Å². The number of rotatable bonds is 9. The van der Waals surface area contributed by atoms with Crippen molar-refractivity contribution in [2.75, 3.05) is 25.3 Å². The average Bonchev–Trinajstić information content (AvgIpc) is 3.32. The molecule has 1 N–H and O–H groups in total. The van der Waals surface area contributed by atoms with Gasteiger partial charge in [-0.3, -0.25) is 4.79 Å². The van der Waals surface area contributed by atoms with Crippen LogP contribution in [0.3, 0.4) is 0 Å². The highest BCUT2D eigenvalue weighted by Crippen LogP contribution is 2.29. The highest BCUT2D eigenvalue weighted by atomic mass is 32.2. The minimum absolute atomic E-state index is 0.156. The maximum Gasteiger partial charge on any atom is 0.234 e. The van der Waals surface area contributed by atoms with Crippen LogP contribution < -0.4 is 14.8 Å². The molecule has 29 heavy (non-hydrogen) atoms. The first-order valence-electron chi connectivity index (χ1n) is 9.22. The molecule has 1 aromatic carbocycles. The molecule has 0 aliphatic carbocycles. The fraction of sp³-hybridized carbons (Fsp3) is 0.350. The first kappa shape index (κ1) is 20.8. The number of anilines is 1. The van der Waals surface area contributed by atoms with Crippen LogP contribution in [0.2, 0.25) is 0 Å². The molecule has 0 aliphatic rings. The van der Waals surface area contributed by atoms with E-state index in [9.17, 15) is 4.79 Å². The minimum atomic E-state index is -0.156. The number of nitrogens with one attached hydrogen (secondary N) is 1. The van der Waals surface area contributed by atoms with Gasteiger partial charge in [-0.15, -0.1) is 10.2 Å². The van der Waals surface area contributed by atoms with Crippen LogP contribution in [0.25, 0.3) is 0 Å². The first-order chi connectivity index (χ1) is 14.0. The number of carbonyl (C=O) groups is 1. The number of thioether (sulfide) groups is 1. The van der Waals surface area contributed by atoms with Crippen molar-refractivity contribution in [2.24, 2.45) is 7.05 Å². The summed E-state index contributed by atoms with van der Waals surface area (Å²) in [4.78, 5) is 12.5. The fourth-order valence-electron chi connectivity index (χ4n) is 2.94. The molecule has 0 saturated heterocycles. The quantitative estimate of drug-likeness (QED) is 0.541. The van der Waals surface area contributed by atoms with Crippen LogP contribution in [0.1, 0.15) is 18.4 Å². The lowest BCUT2D eigenvalue weighted by Gasteiger charge is -2.12. The normalized spacial score (nSPS) is 10.8. The lowest BCUT2D eigenvalue weighted by atomic mass is 10.2. The summed E-state index contributed by atoms with van der Waals surface area (Å²) >= 11 is 1.36. The molecule has 2 aromatic heterocycles. The van der Waals surface area contributed by atoms with Crippen molar-refractivity contribution in [1.29, 1.82) is 0 Å². The molecule has 0 saturated carbocycles. The van der Waals surface area contributed by atoms with Crippen molar-refractivity contribution in [3.63, 3.8) is 0 Å². The fourth-order valence-corrected chi connectivity index (χ4v) is 3.77. The molecule has 9 heteroatoms. The Morgan fingerprint density at radius 2 is 2.03 bits per heavy atom. The second-order valence-electron chi connectivity index (χ2n) is 6.33. The largest absolute Gasteiger partial charge is 0.497 e. The van der Waals surface area contributed by atoms with Gasteiger partial charge in [0.25, 0.3) is 0 Å². The molecular weight excluding hydrogens is 390 g/mol. The Kier molecular flexibility index (Phi) is 6.82. The van der Waals surface area contributed by atoms with Crippen molar-refractivity contribution in [3.05, 3.63) is 48.0 Å². The summed E-state index contributed by atoms with van der Waals surface area (Å²) in [5.41, 5.74) is 1.73. The highest BCUT2D eigenvalue weighted by molar-refractivity contribution is 7.99. The Labute approximate surface area is 174 Å². The predicted octanol–water partition coefficient (Wildman–Crippen LogP) is 2.98. The molecular formula is C20H25N5O3S. The van der Waals surface area contributed by atoms with Crippen LogP contribution in [-0.4, -0.2) is 45.2 Å². The molecule has 0 radical (unpaired) electrons. The molecule has 0 aliphatic heterocycles. The number of nitrogens with zero attached hydrogens (tertiary/aromatic N) is 4. The van der Waals surface area contributed by atoms with E-state index in [-0.39, 0.29) is 11.7 Å². The molecule has 0 fully saturated rings. The number of hydrogen-bond donors (Lipinski definition) is 1. The highest BCUT2D eigenvalue weighted by Gasteiger charge is 2.15. The van der Waals surface area contributed by atoms with Crippen LogP contribution in [-0.2, 0) is 24.8 Å². The van der Waals surface area contributed by atoms with Crippen molar-refractivity contribution in [3.8, 4) is 11.5 Å². The Balaban J connectivity index is 1.65. The second kappa shape index (κ2) is 9.51. The smallest absolute Gasteiger partial charge is 0.234 e. The van der Waals surface area contributed by atoms with Gasteiger partial charge in [-0.2, -0.15) is 0 Å². The molecule has 3 aromatic rings. The summed E-state index contributed by atoms with van der Waals surface area (Å²) in [6.07, 6.45) is 2.70. The Bertz CT molecular complexity index is 982. The van der Waals surface area contributed by atoms with Gasteiger partial charge in [0, 0.05) is 38.0 Å². The second-order valence-corrected chi connectivity index (χ2v) is 7.28. The topological polar surface area (TPSA) is 83.2 Å². The summed E-state index contributed by atoms with van der Waals surface area (Å²) in [6.45, 7) is 2.78. The van der Waals surface area contributed by atoms with E-state index in [1.54, 1.807) is 32.4 Å². The van der Waals surface area contributed by atoms with E-state index in [0.29, 0.717) is 23.6 Å². The summed E-state index contributed by atoms with van der Waals surface area (Å²) in [6, 6.07) is 9.34. The molecule has 3 rings (SSSR count). The van der Waals surface area contributed by atoms with Crippen LogP contribution >= 0.6 is 11.8 Å².